The molecule has 13 aromatic carbocycles. The van der Waals surface area contributed by atoms with Gasteiger partial charge < -0.3 is 0 Å². The first-order chi connectivity index (χ1) is 52.7. The van der Waals surface area contributed by atoms with Crippen LogP contribution in [-0.4, -0.2) is 0 Å². The van der Waals surface area contributed by atoms with Crippen LogP contribution in [0.3, 0.4) is 0 Å². The Hall–Kier alpha value is -14.1. The monoisotopic (exact) mass is 1390 g/mol. The van der Waals surface area contributed by atoms with E-state index in [-0.39, 0.29) is 0 Å². The summed E-state index contributed by atoms with van der Waals surface area (Å²) < 4.78 is 0. The van der Waals surface area contributed by atoms with Crippen molar-refractivity contribution >= 4 is 0 Å². The molecule has 0 amide bonds. The fourth-order valence-electron chi connectivity index (χ4n) is 11.0. The molecule has 0 saturated heterocycles. The molecule has 0 aromatic heterocycles. The van der Waals surface area contributed by atoms with Gasteiger partial charge in [-0.25, -0.2) is 0 Å². The highest BCUT2D eigenvalue weighted by molar-refractivity contribution is 5.65. The zero-order valence-electron chi connectivity index (χ0n) is 64.6. The molecule has 0 N–H and O–H groups in total. The van der Waals surface area contributed by atoms with Crippen LogP contribution < -0.4 is 0 Å². The molecule has 13 rings (SSSR count). The van der Waals surface area contributed by atoms with Gasteiger partial charge in [-0.2, -0.15) is 0 Å². The Morgan fingerprint density at radius 2 is 0.220 bits per heavy atom. The average molecular weight is 1400 g/mol. The summed E-state index contributed by atoms with van der Waals surface area (Å²) >= 11 is 0. The van der Waals surface area contributed by atoms with Crippen LogP contribution in [0.25, 0.3) is 0 Å². The van der Waals surface area contributed by atoms with Crippen molar-refractivity contribution < 1.29 is 0 Å². The molecule has 0 fully saturated rings. The van der Waals surface area contributed by atoms with Crippen molar-refractivity contribution in [3.8, 4) is 107 Å². The summed E-state index contributed by atoms with van der Waals surface area (Å²) in [7, 11) is 0. The van der Waals surface area contributed by atoms with E-state index in [0.29, 0.717) is 0 Å². The lowest BCUT2D eigenvalue weighted by Gasteiger charge is -2.04. The van der Waals surface area contributed by atoms with E-state index in [1.807, 2.05) is 115 Å². The second-order valence-electron chi connectivity index (χ2n) is 27.5. The van der Waals surface area contributed by atoms with Crippen molar-refractivity contribution in [1.82, 2.24) is 0 Å². The van der Waals surface area contributed by atoms with Crippen molar-refractivity contribution in [3.05, 3.63) is 458 Å². The Morgan fingerprint density at radius 1 is 0.101 bits per heavy atom. The van der Waals surface area contributed by atoms with Crippen molar-refractivity contribution in [2.45, 2.75) is 90.0 Å². The number of benzene rings is 13. The Balaban J connectivity index is 0.000000169. The lowest BCUT2D eigenvalue weighted by molar-refractivity contribution is 1.32. The molecule has 0 aliphatic carbocycles. The molecule has 0 heterocycles. The fourth-order valence-corrected chi connectivity index (χ4v) is 11.0. The van der Waals surface area contributed by atoms with Crippen molar-refractivity contribution in [1.29, 1.82) is 0 Å². The summed E-state index contributed by atoms with van der Waals surface area (Å²) in [6.07, 6.45) is 0. The van der Waals surface area contributed by atoms with Gasteiger partial charge in [0, 0.05) is 100 Å². The molecular formula is C109H86. The average Bonchev–Trinajstić information content (AvgIpc) is 0.818. The third kappa shape index (κ3) is 26.5. The van der Waals surface area contributed by atoms with Crippen LogP contribution >= 0.6 is 0 Å². The lowest BCUT2D eigenvalue weighted by atomic mass is 9.97. The summed E-state index contributed by atoms with van der Waals surface area (Å²) in [4.78, 5) is 0. The number of hydrogen-bond acceptors (Lipinski definition) is 0. The van der Waals surface area contributed by atoms with Crippen LogP contribution in [0.4, 0.5) is 0 Å². The standard InChI is InChI=1S/C42H30.C33H24.C25H20.C9H12/c1-31-5-13-35(14-6-31)21-25-39-29-41(27-23-37-17-9-33(3)10-18-37)42(28-24-38-19-11-34(4)12-20-38)30-40(39)26-22-36-15-7-32(2)8-16-36;1-25-4-10-28(11-5-25)16-19-31-22-32(20-17-29-12-6-26(2)7-13-29)24-33(23-31)21-18-30-14-8-27(3)9-15-30;1-19-4-8-22(9-5-19)12-14-24-16-21(3)17-25(18-24)15-13-23-10-6-20(2)7-11-23;1-7-4-8(2)6-9(3)5-7/h5-20,29-30H,1-4H3;4-15,22-24H,1-3H3;4-11,16-18H,1-3H3;4-6H,1-3H3. The molecule has 0 aliphatic heterocycles. The first-order valence-corrected chi connectivity index (χ1v) is 36.5. The van der Waals surface area contributed by atoms with E-state index in [2.05, 4.69) is 366 Å². The maximum Gasteiger partial charge on any atom is 0.0419 e. The van der Waals surface area contributed by atoms with Gasteiger partial charge in [-0.05, 0) is 253 Å². The summed E-state index contributed by atoms with van der Waals surface area (Å²) in [5.74, 6) is 59.4. The van der Waals surface area contributed by atoms with Crippen LogP contribution in [0.5, 0.6) is 0 Å². The van der Waals surface area contributed by atoms with E-state index >= 15 is 0 Å². The van der Waals surface area contributed by atoms with Gasteiger partial charge in [0.1, 0.15) is 0 Å². The van der Waals surface area contributed by atoms with Crippen LogP contribution in [0, 0.1) is 197 Å². The number of hydrogen-bond donors (Lipinski definition) is 0. The first-order valence-electron chi connectivity index (χ1n) is 36.5. The van der Waals surface area contributed by atoms with Crippen LogP contribution in [0.15, 0.2) is 285 Å². The highest BCUT2D eigenvalue weighted by atomic mass is 14.1. The number of rotatable bonds is 0. The summed E-state index contributed by atoms with van der Waals surface area (Å²) in [5.41, 5.74) is 33.0. The molecule has 13 aromatic rings. The maximum atomic E-state index is 3.38. The van der Waals surface area contributed by atoms with Crippen molar-refractivity contribution in [2.24, 2.45) is 0 Å². The zero-order valence-corrected chi connectivity index (χ0v) is 64.6. The van der Waals surface area contributed by atoms with Gasteiger partial charge in [-0.15, -0.1) is 0 Å². The van der Waals surface area contributed by atoms with Gasteiger partial charge in [-0.3, -0.25) is 0 Å². The SMILES string of the molecule is Cc1cc(C)cc(C)c1.Cc1ccc(C#Cc2cc(C#Cc3ccc(C)cc3)c(C#Cc3ccc(C)cc3)cc2C#Cc2ccc(C)cc2)cc1.Cc1ccc(C#Cc2cc(C#Cc3ccc(C)cc3)cc(C#Cc3ccc(C)cc3)c2)cc1.Cc1ccc(C#Cc2cc(C)cc(C#Cc3ccc(C)cc3)c2)cc1. The summed E-state index contributed by atoms with van der Waals surface area (Å²) in [6.45, 7) is 27.1. The summed E-state index contributed by atoms with van der Waals surface area (Å²) in [5, 5.41) is 0. The molecule has 0 nitrogen and oxygen atoms in total. The van der Waals surface area contributed by atoms with Gasteiger partial charge in [0.05, 0.1) is 0 Å². The Bertz CT molecular complexity index is 5360. The second kappa shape index (κ2) is 39.1. The number of aryl methyl sites for hydroxylation is 13. The molecule has 0 radical (unpaired) electrons. The maximum absolute atomic E-state index is 3.38. The highest BCUT2D eigenvalue weighted by Crippen LogP contribution is 2.20. The molecule has 0 spiro atoms. The smallest absolute Gasteiger partial charge is 0.0419 e. The van der Waals surface area contributed by atoms with E-state index in [1.165, 1.54) is 72.3 Å². The molecule has 109 heavy (non-hydrogen) atoms. The first kappa shape index (κ1) is 77.5. The minimum atomic E-state index is 0.823. The minimum absolute atomic E-state index is 0.823. The predicted molar refractivity (Wildman–Crippen MR) is 459 cm³/mol. The third-order valence-electron chi connectivity index (χ3n) is 17.1. The van der Waals surface area contributed by atoms with Gasteiger partial charge >= 0.3 is 0 Å². The molecule has 522 valence electrons. The molecule has 0 saturated carbocycles. The topological polar surface area (TPSA) is 0 Å². The lowest BCUT2D eigenvalue weighted by Crippen LogP contribution is -1.93. The Morgan fingerprint density at radius 3 is 0.376 bits per heavy atom. The zero-order chi connectivity index (χ0) is 76.9. The van der Waals surface area contributed by atoms with Crippen molar-refractivity contribution in [3.63, 3.8) is 0 Å². The minimum Gasteiger partial charge on any atom is -0.0617 e. The third-order valence-corrected chi connectivity index (χ3v) is 17.1. The van der Waals surface area contributed by atoms with E-state index < -0.39 is 0 Å². The van der Waals surface area contributed by atoms with Crippen LogP contribution in [0.2, 0.25) is 0 Å². The van der Waals surface area contributed by atoms with E-state index in [4.69, 9.17) is 0 Å². The van der Waals surface area contributed by atoms with Gasteiger partial charge in [0.2, 0.25) is 0 Å². The molecule has 0 unspecified atom stereocenters. The Kier molecular flexibility index (Phi) is 27.8. The van der Waals surface area contributed by atoms with Crippen LogP contribution in [-0.2, 0) is 0 Å². The fraction of sp³-hybridized carbons (Fsp3) is 0.119. The largest absolute Gasteiger partial charge is 0.0617 e. The van der Waals surface area contributed by atoms with Crippen molar-refractivity contribution in [2.75, 3.05) is 0 Å². The van der Waals surface area contributed by atoms with Gasteiger partial charge in [0.15, 0.2) is 0 Å². The normalized spacial score (nSPS) is 9.59. The van der Waals surface area contributed by atoms with E-state index in [0.717, 1.165) is 100 Å². The molecular weight excluding hydrogens is 1310 g/mol. The second-order valence-corrected chi connectivity index (χ2v) is 27.5. The van der Waals surface area contributed by atoms with Crippen LogP contribution in [0.1, 0.15) is 172 Å². The molecule has 0 heteroatoms. The molecule has 0 aliphatic rings. The highest BCUT2D eigenvalue weighted by Gasteiger charge is 2.08. The van der Waals surface area contributed by atoms with Gasteiger partial charge in [0.25, 0.3) is 0 Å². The predicted octanol–water partition coefficient (Wildman–Crippen LogP) is 23.4. The molecule has 0 atom stereocenters. The van der Waals surface area contributed by atoms with E-state index in [1.54, 1.807) is 0 Å². The quantitative estimate of drug-likeness (QED) is 0.133. The summed E-state index contributed by atoms with van der Waals surface area (Å²) in [6, 6.07) is 97.1. The molecule has 0 bridgehead atoms. The van der Waals surface area contributed by atoms with Gasteiger partial charge in [-0.1, -0.05) is 301 Å². The van der Waals surface area contributed by atoms with E-state index in [9.17, 15) is 0 Å². The Labute approximate surface area is 649 Å².